The molecule has 0 spiro atoms. The van der Waals surface area contributed by atoms with Gasteiger partial charge >= 0.3 is 6.03 Å². The fourth-order valence-corrected chi connectivity index (χ4v) is 2.84. The van der Waals surface area contributed by atoms with Gasteiger partial charge in [-0.25, -0.2) is 10.2 Å². The third-order valence-electron chi connectivity index (χ3n) is 2.85. The summed E-state index contributed by atoms with van der Waals surface area (Å²) in [5.41, 5.74) is 5.89. The summed E-state index contributed by atoms with van der Waals surface area (Å²) in [4.78, 5) is 32.5. The van der Waals surface area contributed by atoms with Gasteiger partial charge in [0.1, 0.15) is 0 Å². The minimum Gasteiger partial charge on any atom is -0.350 e. The van der Waals surface area contributed by atoms with E-state index in [9.17, 15) is 25.0 Å². The summed E-state index contributed by atoms with van der Waals surface area (Å²) in [6.07, 6.45) is 1.03. The van der Waals surface area contributed by atoms with Crippen LogP contribution < -0.4 is 11.2 Å². The summed E-state index contributed by atoms with van der Waals surface area (Å²) in [6.45, 7) is 0. The number of benzene rings is 2. The Kier molecular flexibility index (Phi) is 5.63. The summed E-state index contributed by atoms with van der Waals surface area (Å²) >= 11 is 1.09. The lowest BCUT2D eigenvalue weighted by Crippen LogP contribution is -2.24. The number of hydrogen-bond donors (Lipinski definition) is 2. The SMILES string of the molecule is NC(=O)N/N=C\c1c(Sc2ccccc2)cc([N+](=O)[O-])cc1[N+](=O)[O-]. The highest BCUT2D eigenvalue weighted by atomic mass is 32.2. The second kappa shape index (κ2) is 7.88. The minimum atomic E-state index is -0.946. The molecule has 0 bridgehead atoms. The molecule has 0 aliphatic heterocycles. The van der Waals surface area contributed by atoms with Gasteiger partial charge in [-0.3, -0.25) is 20.2 Å². The highest BCUT2D eigenvalue weighted by Crippen LogP contribution is 2.37. The molecule has 2 amide bonds. The Balaban J connectivity index is 2.58. The van der Waals surface area contributed by atoms with Crippen molar-refractivity contribution in [3.8, 4) is 0 Å². The first kappa shape index (κ1) is 17.9. The smallest absolute Gasteiger partial charge is 0.332 e. The third kappa shape index (κ3) is 4.75. The second-order valence-electron chi connectivity index (χ2n) is 4.54. The van der Waals surface area contributed by atoms with Crippen LogP contribution in [-0.4, -0.2) is 22.1 Å². The Morgan fingerprint density at radius 2 is 1.84 bits per heavy atom. The molecule has 2 rings (SSSR count). The molecule has 0 unspecified atom stereocenters. The predicted octanol–water partition coefficient (Wildman–Crippen LogP) is 2.66. The zero-order valence-corrected chi connectivity index (χ0v) is 13.3. The van der Waals surface area contributed by atoms with Crippen LogP contribution in [0, 0.1) is 20.2 Å². The van der Waals surface area contributed by atoms with Gasteiger partial charge in [0.2, 0.25) is 0 Å². The maximum atomic E-state index is 11.3. The lowest BCUT2D eigenvalue weighted by Gasteiger charge is -2.07. The number of amides is 2. The van der Waals surface area contributed by atoms with Crippen LogP contribution in [0.1, 0.15) is 5.56 Å². The van der Waals surface area contributed by atoms with Crippen LogP contribution in [-0.2, 0) is 0 Å². The van der Waals surface area contributed by atoms with E-state index in [0.717, 1.165) is 28.9 Å². The molecule has 0 heterocycles. The van der Waals surface area contributed by atoms with E-state index >= 15 is 0 Å². The zero-order valence-electron chi connectivity index (χ0n) is 12.5. The quantitative estimate of drug-likeness (QED) is 0.458. The lowest BCUT2D eigenvalue weighted by atomic mass is 10.1. The molecule has 25 heavy (non-hydrogen) atoms. The van der Waals surface area contributed by atoms with E-state index in [1.807, 2.05) is 5.43 Å². The van der Waals surface area contributed by atoms with Crippen molar-refractivity contribution in [2.24, 2.45) is 10.8 Å². The normalized spacial score (nSPS) is 10.6. The molecule has 0 saturated heterocycles. The number of carbonyl (C=O) groups excluding carboxylic acids is 1. The number of urea groups is 1. The number of carbonyl (C=O) groups is 1. The summed E-state index contributed by atoms with van der Waals surface area (Å²) in [6, 6.07) is 9.90. The molecule has 0 aliphatic carbocycles. The van der Waals surface area contributed by atoms with Crippen LogP contribution in [0.2, 0.25) is 0 Å². The van der Waals surface area contributed by atoms with E-state index in [0.29, 0.717) is 0 Å². The number of nitro groups is 2. The summed E-state index contributed by atoms with van der Waals surface area (Å²) in [5.74, 6) is 0. The molecule has 0 fully saturated rings. The number of nitro benzene ring substituents is 2. The molecule has 0 saturated carbocycles. The van der Waals surface area contributed by atoms with Gasteiger partial charge in [-0.05, 0) is 12.1 Å². The fourth-order valence-electron chi connectivity index (χ4n) is 1.84. The van der Waals surface area contributed by atoms with Crippen LogP contribution in [0.25, 0.3) is 0 Å². The maximum absolute atomic E-state index is 11.3. The molecule has 2 aromatic rings. The molecule has 0 atom stereocenters. The maximum Gasteiger partial charge on any atom is 0.332 e. The lowest BCUT2D eigenvalue weighted by molar-refractivity contribution is -0.394. The molecule has 11 heteroatoms. The first-order chi connectivity index (χ1) is 11.9. The van der Waals surface area contributed by atoms with Gasteiger partial charge in [0.15, 0.2) is 0 Å². The molecule has 128 valence electrons. The van der Waals surface area contributed by atoms with Crippen LogP contribution in [0.3, 0.4) is 0 Å². The number of nitrogens with one attached hydrogen (secondary N) is 1. The number of nitrogens with zero attached hydrogens (tertiary/aromatic N) is 3. The first-order valence-electron chi connectivity index (χ1n) is 6.66. The summed E-state index contributed by atoms with van der Waals surface area (Å²) in [7, 11) is 0. The van der Waals surface area contributed by atoms with Gasteiger partial charge in [-0.1, -0.05) is 30.0 Å². The number of hydrazone groups is 1. The molecule has 0 aliphatic rings. The van der Waals surface area contributed by atoms with Gasteiger partial charge < -0.3 is 5.73 Å². The second-order valence-corrected chi connectivity index (χ2v) is 5.66. The van der Waals surface area contributed by atoms with Crippen LogP contribution in [0.5, 0.6) is 0 Å². The number of non-ortho nitro benzene ring substituents is 1. The Morgan fingerprint density at radius 3 is 2.40 bits per heavy atom. The average Bonchev–Trinajstić information content (AvgIpc) is 2.56. The van der Waals surface area contributed by atoms with Crippen molar-refractivity contribution in [2.75, 3.05) is 0 Å². The van der Waals surface area contributed by atoms with E-state index in [4.69, 9.17) is 5.73 Å². The molecular formula is C14H11N5O5S. The van der Waals surface area contributed by atoms with E-state index in [-0.39, 0.29) is 10.5 Å². The van der Waals surface area contributed by atoms with Crippen LogP contribution >= 0.6 is 11.8 Å². The van der Waals surface area contributed by atoms with Crippen molar-refractivity contribution in [3.63, 3.8) is 0 Å². The van der Waals surface area contributed by atoms with Crippen LogP contribution in [0.15, 0.2) is 57.4 Å². The largest absolute Gasteiger partial charge is 0.350 e. The van der Waals surface area contributed by atoms with E-state index in [1.54, 1.807) is 30.3 Å². The van der Waals surface area contributed by atoms with Gasteiger partial charge in [0.25, 0.3) is 11.4 Å². The molecular weight excluding hydrogens is 350 g/mol. The standard InChI is InChI=1S/C14H11N5O5S/c15-14(20)17-16-8-11-12(19(23)24)6-9(18(21)22)7-13(11)25-10-4-2-1-3-5-10/h1-8H,(H3,15,17,20)/b16-8-. The van der Waals surface area contributed by atoms with E-state index in [1.165, 1.54) is 6.07 Å². The molecule has 0 radical (unpaired) electrons. The zero-order chi connectivity index (χ0) is 18.4. The highest BCUT2D eigenvalue weighted by molar-refractivity contribution is 7.99. The minimum absolute atomic E-state index is 0.0122. The van der Waals surface area contributed by atoms with Gasteiger partial charge in [0, 0.05) is 15.9 Å². The van der Waals surface area contributed by atoms with Crippen LogP contribution in [0.4, 0.5) is 16.2 Å². The third-order valence-corrected chi connectivity index (χ3v) is 3.92. The highest BCUT2D eigenvalue weighted by Gasteiger charge is 2.23. The van der Waals surface area contributed by atoms with Crippen molar-refractivity contribution < 1.29 is 14.6 Å². The molecule has 3 N–H and O–H groups in total. The van der Waals surface area contributed by atoms with Crippen molar-refractivity contribution in [1.82, 2.24) is 5.43 Å². The van der Waals surface area contributed by atoms with Gasteiger partial charge in [-0.15, -0.1) is 0 Å². The molecule has 10 nitrogen and oxygen atoms in total. The van der Waals surface area contributed by atoms with Gasteiger partial charge in [0.05, 0.1) is 27.7 Å². The molecule has 2 aromatic carbocycles. The topological polar surface area (TPSA) is 154 Å². The van der Waals surface area contributed by atoms with Crippen molar-refractivity contribution in [1.29, 1.82) is 0 Å². The first-order valence-corrected chi connectivity index (χ1v) is 7.48. The monoisotopic (exact) mass is 361 g/mol. The predicted molar refractivity (Wildman–Crippen MR) is 90.6 cm³/mol. The summed E-state index contributed by atoms with van der Waals surface area (Å²) in [5, 5.41) is 25.9. The van der Waals surface area contributed by atoms with Crippen molar-refractivity contribution in [2.45, 2.75) is 9.79 Å². The number of hydrogen-bond acceptors (Lipinski definition) is 7. The number of nitrogens with two attached hydrogens (primary N) is 1. The number of primary amides is 1. The average molecular weight is 361 g/mol. The van der Waals surface area contributed by atoms with Gasteiger partial charge in [-0.2, -0.15) is 5.10 Å². The summed E-state index contributed by atoms with van der Waals surface area (Å²) < 4.78 is 0. The Bertz CT molecular complexity index is 856. The Labute approximate surface area is 145 Å². The van der Waals surface area contributed by atoms with E-state index < -0.39 is 27.3 Å². The Morgan fingerprint density at radius 1 is 1.16 bits per heavy atom. The number of rotatable bonds is 6. The Hall–Kier alpha value is -3.47. The van der Waals surface area contributed by atoms with Crippen molar-refractivity contribution >= 4 is 35.4 Å². The van der Waals surface area contributed by atoms with Crippen molar-refractivity contribution in [3.05, 3.63) is 68.3 Å². The van der Waals surface area contributed by atoms with E-state index in [2.05, 4.69) is 5.10 Å². The molecule has 0 aromatic heterocycles. The fraction of sp³-hybridized carbons (Fsp3) is 0.